The monoisotopic (exact) mass is 312 g/mol. The van der Waals surface area contributed by atoms with Crippen LogP contribution in [-0.4, -0.2) is 48.4 Å². The Morgan fingerprint density at radius 3 is 2.50 bits per heavy atom. The number of likely N-dealkylation sites (tertiary alicyclic amines) is 1. The molecular formula is C16H28N2O4. The fraction of sp³-hybridized carbons (Fsp3) is 0.812. The van der Waals surface area contributed by atoms with Gasteiger partial charge >= 0.3 is 5.97 Å². The van der Waals surface area contributed by atoms with Gasteiger partial charge in [0.15, 0.2) is 6.61 Å². The minimum atomic E-state index is -0.381. The van der Waals surface area contributed by atoms with Crippen molar-refractivity contribution in [3.63, 3.8) is 0 Å². The fourth-order valence-electron chi connectivity index (χ4n) is 2.64. The van der Waals surface area contributed by atoms with E-state index in [-0.39, 0.29) is 36.4 Å². The van der Waals surface area contributed by atoms with Crippen LogP contribution in [0.4, 0.5) is 0 Å². The van der Waals surface area contributed by atoms with Crippen LogP contribution in [-0.2, 0) is 19.1 Å². The average Bonchev–Trinajstić information content (AvgIpc) is 2.56. The molecule has 1 unspecified atom stereocenters. The topological polar surface area (TPSA) is 75.7 Å². The second-order valence-electron chi connectivity index (χ2n) is 5.72. The van der Waals surface area contributed by atoms with E-state index in [1.54, 1.807) is 4.90 Å². The Hall–Kier alpha value is -1.59. The van der Waals surface area contributed by atoms with Gasteiger partial charge in [-0.1, -0.05) is 20.8 Å². The van der Waals surface area contributed by atoms with Crippen LogP contribution in [0, 0.1) is 5.92 Å². The van der Waals surface area contributed by atoms with Gasteiger partial charge in [0.25, 0.3) is 5.91 Å². The molecule has 1 fully saturated rings. The summed E-state index contributed by atoms with van der Waals surface area (Å²) >= 11 is 0. The van der Waals surface area contributed by atoms with Gasteiger partial charge in [0.05, 0.1) is 5.92 Å². The van der Waals surface area contributed by atoms with Crippen molar-refractivity contribution < 1.29 is 19.1 Å². The van der Waals surface area contributed by atoms with Crippen molar-refractivity contribution in [2.45, 2.75) is 58.9 Å². The molecule has 0 saturated carbocycles. The van der Waals surface area contributed by atoms with Crippen LogP contribution >= 0.6 is 0 Å². The molecule has 0 aliphatic carbocycles. The van der Waals surface area contributed by atoms with Crippen LogP contribution in [0.5, 0.6) is 0 Å². The highest BCUT2D eigenvalue weighted by molar-refractivity contribution is 5.82. The predicted octanol–water partition coefficient (Wildman–Crippen LogP) is 1.48. The van der Waals surface area contributed by atoms with Crippen molar-refractivity contribution in [3.05, 3.63) is 0 Å². The van der Waals surface area contributed by atoms with E-state index in [1.807, 2.05) is 20.8 Å². The third-order valence-electron chi connectivity index (χ3n) is 4.11. The van der Waals surface area contributed by atoms with Crippen molar-refractivity contribution in [1.82, 2.24) is 10.2 Å². The summed E-state index contributed by atoms with van der Waals surface area (Å²) in [6, 6.07) is 0.124. The summed E-state index contributed by atoms with van der Waals surface area (Å²) in [7, 11) is 0. The zero-order valence-corrected chi connectivity index (χ0v) is 13.9. The zero-order valence-electron chi connectivity index (χ0n) is 13.9. The number of esters is 1. The molecule has 1 aliphatic rings. The van der Waals surface area contributed by atoms with E-state index in [4.69, 9.17) is 4.74 Å². The molecule has 1 atom stereocenters. The number of carbonyl (C=O) groups excluding carboxylic acids is 3. The molecule has 0 aromatic heterocycles. The van der Waals surface area contributed by atoms with E-state index in [9.17, 15) is 14.4 Å². The first-order valence-electron chi connectivity index (χ1n) is 8.25. The number of carbonyl (C=O) groups is 3. The standard InChI is InChI=1S/C16H28N2O4/c1-4-13(5-2)17-14(19)11-22-16(21)12-8-7-9-18(10-12)15(20)6-3/h12-13H,4-11H2,1-3H3,(H,17,19). The Kier molecular flexibility index (Phi) is 7.91. The summed E-state index contributed by atoms with van der Waals surface area (Å²) in [6.45, 7) is 6.68. The molecule has 0 aromatic rings. The molecule has 6 nitrogen and oxygen atoms in total. The molecule has 1 N–H and O–H groups in total. The van der Waals surface area contributed by atoms with E-state index in [1.165, 1.54) is 0 Å². The van der Waals surface area contributed by atoms with Crippen LogP contribution in [0.1, 0.15) is 52.9 Å². The summed E-state index contributed by atoms with van der Waals surface area (Å²) in [5, 5.41) is 2.83. The molecule has 6 heteroatoms. The van der Waals surface area contributed by atoms with Crippen molar-refractivity contribution in [1.29, 1.82) is 0 Å². The number of rotatable bonds is 7. The largest absolute Gasteiger partial charge is 0.455 e. The quantitative estimate of drug-likeness (QED) is 0.723. The minimum Gasteiger partial charge on any atom is -0.455 e. The molecule has 2 amide bonds. The number of amides is 2. The Labute approximate surface area is 132 Å². The van der Waals surface area contributed by atoms with Gasteiger partial charge in [-0.2, -0.15) is 0 Å². The molecule has 0 aromatic carbocycles. The lowest BCUT2D eigenvalue weighted by molar-refractivity contribution is -0.155. The third kappa shape index (κ3) is 5.66. The lowest BCUT2D eigenvalue weighted by Gasteiger charge is -2.31. The third-order valence-corrected chi connectivity index (χ3v) is 4.11. The number of nitrogens with one attached hydrogen (secondary N) is 1. The Bertz CT molecular complexity index is 394. The fourth-order valence-corrected chi connectivity index (χ4v) is 2.64. The molecule has 0 spiro atoms. The maximum Gasteiger partial charge on any atom is 0.311 e. The number of nitrogens with zero attached hydrogens (tertiary/aromatic N) is 1. The van der Waals surface area contributed by atoms with Crippen molar-refractivity contribution in [2.75, 3.05) is 19.7 Å². The van der Waals surface area contributed by atoms with Gasteiger partial charge in [-0.3, -0.25) is 14.4 Å². The lowest BCUT2D eigenvalue weighted by atomic mass is 9.98. The highest BCUT2D eigenvalue weighted by atomic mass is 16.5. The van der Waals surface area contributed by atoms with E-state index >= 15 is 0 Å². The van der Waals surface area contributed by atoms with Gasteiger partial charge in [-0.05, 0) is 25.7 Å². The van der Waals surface area contributed by atoms with Crippen molar-refractivity contribution in [2.24, 2.45) is 5.92 Å². The number of ether oxygens (including phenoxy) is 1. The molecule has 1 saturated heterocycles. The van der Waals surface area contributed by atoms with E-state index in [0.717, 1.165) is 19.3 Å². The maximum absolute atomic E-state index is 12.0. The van der Waals surface area contributed by atoms with Gasteiger partial charge in [-0.15, -0.1) is 0 Å². The number of hydrogen-bond acceptors (Lipinski definition) is 4. The smallest absolute Gasteiger partial charge is 0.311 e. The molecule has 1 aliphatic heterocycles. The molecule has 0 radical (unpaired) electrons. The highest BCUT2D eigenvalue weighted by Crippen LogP contribution is 2.18. The normalized spacial score (nSPS) is 18.2. The van der Waals surface area contributed by atoms with Crippen LogP contribution in [0.25, 0.3) is 0 Å². The van der Waals surface area contributed by atoms with E-state index in [0.29, 0.717) is 25.9 Å². The van der Waals surface area contributed by atoms with Crippen LogP contribution in [0.15, 0.2) is 0 Å². The zero-order chi connectivity index (χ0) is 16.5. The van der Waals surface area contributed by atoms with Crippen molar-refractivity contribution in [3.8, 4) is 0 Å². The van der Waals surface area contributed by atoms with Gasteiger partial charge in [-0.25, -0.2) is 0 Å². The van der Waals surface area contributed by atoms with Gasteiger partial charge < -0.3 is 15.0 Å². The maximum atomic E-state index is 12.0. The lowest BCUT2D eigenvalue weighted by Crippen LogP contribution is -2.43. The van der Waals surface area contributed by atoms with E-state index < -0.39 is 0 Å². The SMILES string of the molecule is CCC(=O)N1CCCC(C(=O)OCC(=O)NC(CC)CC)C1. The predicted molar refractivity (Wildman–Crippen MR) is 83.1 cm³/mol. The van der Waals surface area contributed by atoms with Gasteiger partial charge in [0, 0.05) is 25.6 Å². The number of piperidine rings is 1. The van der Waals surface area contributed by atoms with Crippen molar-refractivity contribution >= 4 is 17.8 Å². The number of hydrogen-bond donors (Lipinski definition) is 1. The molecule has 126 valence electrons. The Balaban J connectivity index is 2.38. The van der Waals surface area contributed by atoms with Crippen LogP contribution < -0.4 is 5.32 Å². The highest BCUT2D eigenvalue weighted by Gasteiger charge is 2.29. The summed E-state index contributed by atoms with van der Waals surface area (Å²) in [5.41, 5.74) is 0. The second-order valence-corrected chi connectivity index (χ2v) is 5.72. The van der Waals surface area contributed by atoms with Gasteiger partial charge in [0.1, 0.15) is 0 Å². The molecule has 1 heterocycles. The van der Waals surface area contributed by atoms with Crippen LogP contribution in [0.3, 0.4) is 0 Å². The Morgan fingerprint density at radius 2 is 1.91 bits per heavy atom. The molecule has 0 bridgehead atoms. The molecular weight excluding hydrogens is 284 g/mol. The molecule has 1 rings (SSSR count). The van der Waals surface area contributed by atoms with E-state index in [2.05, 4.69) is 5.32 Å². The summed E-state index contributed by atoms with van der Waals surface area (Å²) in [4.78, 5) is 37.2. The molecule has 22 heavy (non-hydrogen) atoms. The summed E-state index contributed by atoms with van der Waals surface area (Å²) in [6.07, 6.45) is 3.66. The first kappa shape index (κ1) is 18.5. The van der Waals surface area contributed by atoms with Gasteiger partial charge in [0.2, 0.25) is 5.91 Å². The minimum absolute atomic E-state index is 0.0592. The first-order chi connectivity index (χ1) is 10.5. The van der Waals surface area contributed by atoms with Crippen LogP contribution in [0.2, 0.25) is 0 Å². The second kappa shape index (κ2) is 9.43. The summed E-state index contributed by atoms with van der Waals surface area (Å²) < 4.78 is 5.11. The average molecular weight is 312 g/mol. The summed E-state index contributed by atoms with van der Waals surface area (Å²) in [5.74, 6) is -0.901. The first-order valence-corrected chi connectivity index (χ1v) is 8.25. The Morgan fingerprint density at radius 1 is 1.23 bits per heavy atom.